The Morgan fingerprint density at radius 2 is 2.14 bits per heavy atom. The van der Waals surface area contributed by atoms with Gasteiger partial charge in [0.15, 0.2) is 0 Å². The number of nitrogens with zero attached hydrogens (tertiary/aromatic N) is 2. The number of sulfonamides is 1. The lowest BCUT2D eigenvalue weighted by atomic mass is 10.2. The van der Waals surface area contributed by atoms with Crippen LogP contribution < -0.4 is 5.32 Å². The molecule has 0 aromatic carbocycles. The lowest BCUT2D eigenvalue weighted by Crippen LogP contribution is -2.36. The van der Waals surface area contributed by atoms with E-state index in [1.807, 2.05) is 18.5 Å². The van der Waals surface area contributed by atoms with E-state index in [2.05, 4.69) is 12.2 Å². The number of hydrogen-bond donors (Lipinski definition) is 1. The van der Waals surface area contributed by atoms with Gasteiger partial charge in [0, 0.05) is 38.1 Å². The highest BCUT2D eigenvalue weighted by atomic mass is 32.2. The normalized spacial score (nSPS) is 17.4. The summed E-state index contributed by atoms with van der Waals surface area (Å²) in [6.07, 6.45) is 5.05. The van der Waals surface area contributed by atoms with E-state index in [-0.39, 0.29) is 6.04 Å². The van der Waals surface area contributed by atoms with Crippen molar-refractivity contribution in [2.75, 3.05) is 14.1 Å². The Bertz CT molecular complexity index is 552. The van der Waals surface area contributed by atoms with Crippen LogP contribution in [0.4, 0.5) is 0 Å². The monoisotopic (exact) mass is 313 g/mol. The third-order valence-corrected chi connectivity index (χ3v) is 6.25. The molecule has 1 aromatic heterocycles. The van der Waals surface area contributed by atoms with Crippen molar-refractivity contribution in [1.82, 2.24) is 14.2 Å². The third kappa shape index (κ3) is 3.49. The molecule has 1 saturated carbocycles. The van der Waals surface area contributed by atoms with Crippen molar-refractivity contribution in [2.45, 2.75) is 57.1 Å². The van der Waals surface area contributed by atoms with Crippen LogP contribution in [0.1, 0.15) is 38.8 Å². The Hall–Kier alpha value is -0.850. The summed E-state index contributed by atoms with van der Waals surface area (Å²) in [4.78, 5) is 0.413. The molecule has 0 saturated heterocycles. The third-order valence-electron chi connectivity index (χ3n) is 4.34. The number of nitrogens with one attached hydrogen (secondary N) is 1. The standard InChI is InChI=1S/C15H27N3O2S/c1-5-8-18-11-15(9-14(18)10-16-3)21(19,20)17(4)12(2)13-6-7-13/h9,11-13,16H,5-8,10H2,1-4H3. The van der Waals surface area contributed by atoms with E-state index in [0.717, 1.165) is 31.5 Å². The summed E-state index contributed by atoms with van der Waals surface area (Å²) < 4.78 is 29.1. The average Bonchev–Trinajstić information content (AvgIpc) is 3.21. The van der Waals surface area contributed by atoms with Crippen LogP contribution in [0.5, 0.6) is 0 Å². The molecule has 0 radical (unpaired) electrons. The van der Waals surface area contributed by atoms with Crippen molar-refractivity contribution in [3.05, 3.63) is 18.0 Å². The Balaban J connectivity index is 2.28. The number of aromatic nitrogens is 1. The summed E-state index contributed by atoms with van der Waals surface area (Å²) in [6.45, 7) is 5.62. The Labute approximate surface area is 128 Å². The smallest absolute Gasteiger partial charge is 0.244 e. The second kappa shape index (κ2) is 6.50. The van der Waals surface area contributed by atoms with Crippen molar-refractivity contribution in [3.63, 3.8) is 0 Å². The first kappa shape index (κ1) is 16.5. The van der Waals surface area contributed by atoms with E-state index in [1.54, 1.807) is 23.6 Å². The van der Waals surface area contributed by atoms with Gasteiger partial charge >= 0.3 is 0 Å². The largest absolute Gasteiger partial charge is 0.349 e. The fraction of sp³-hybridized carbons (Fsp3) is 0.733. The molecule has 1 aliphatic rings. The maximum absolute atomic E-state index is 12.8. The van der Waals surface area contributed by atoms with Gasteiger partial charge in [-0.2, -0.15) is 4.31 Å². The number of rotatable bonds is 8. The van der Waals surface area contributed by atoms with Gasteiger partial charge < -0.3 is 9.88 Å². The van der Waals surface area contributed by atoms with E-state index in [9.17, 15) is 8.42 Å². The van der Waals surface area contributed by atoms with E-state index >= 15 is 0 Å². The van der Waals surface area contributed by atoms with E-state index in [0.29, 0.717) is 17.4 Å². The lowest BCUT2D eigenvalue weighted by Gasteiger charge is -2.23. The van der Waals surface area contributed by atoms with Gasteiger partial charge in [-0.05, 0) is 45.2 Å². The van der Waals surface area contributed by atoms with Gasteiger partial charge in [-0.1, -0.05) is 6.92 Å². The summed E-state index contributed by atoms with van der Waals surface area (Å²) >= 11 is 0. The minimum atomic E-state index is -3.40. The predicted octanol–water partition coefficient (Wildman–Crippen LogP) is 2.04. The summed E-state index contributed by atoms with van der Waals surface area (Å²) in [5, 5.41) is 3.10. The summed E-state index contributed by atoms with van der Waals surface area (Å²) in [7, 11) is 0.179. The Morgan fingerprint density at radius 1 is 1.48 bits per heavy atom. The molecular formula is C15H27N3O2S. The molecule has 0 aliphatic heterocycles. The molecule has 120 valence electrons. The molecule has 1 atom stereocenters. The molecule has 1 fully saturated rings. The van der Waals surface area contributed by atoms with E-state index < -0.39 is 10.0 Å². The van der Waals surface area contributed by atoms with Crippen LogP contribution in [-0.2, 0) is 23.1 Å². The van der Waals surface area contributed by atoms with Crippen LogP contribution in [0.3, 0.4) is 0 Å². The maximum atomic E-state index is 12.8. The Kier molecular flexibility index (Phi) is 5.11. The molecule has 2 rings (SSSR count). The van der Waals surface area contributed by atoms with Crippen molar-refractivity contribution >= 4 is 10.0 Å². The molecule has 1 N–H and O–H groups in total. The molecule has 1 aliphatic carbocycles. The summed E-state index contributed by atoms with van der Waals surface area (Å²) in [5.74, 6) is 0.527. The second-order valence-electron chi connectivity index (χ2n) is 5.99. The summed E-state index contributed by atoms with van der Waals surface area (Å²) in [6, 6.07) is 1.88. The van der Waals surface area contributed by atoms with Crippen molar-refractivity contribution in [2.24, 2.45) is 5.92 Å². The molecule has 6 heteroatoms. The molecule has 1 aromatic rings. The second-order valence-corrected chi connectivity index (χ2v) is 7.99. The predicted molar refractivity (Wildman–Crippen MR) is 84.6 cm³/mol. The zero-order valence-electron chi connectivity index (χ0n) is 13.5. The van der Waals surface area contributed by atoms with Crippen LogP contribution in [-0.4, -0.2) is 37.4 Å². The highest BCUT2D eigenvalue weighted by Gasteiger charge is 2.36. The van der Waals surface area contributed by atoms with Crippen molar-refractivity contribution in [3.8, 4) is 0 Å². The first-order chi connectivity index (χ1) is 9.91. The van der Waals surface area contributed by atoms with Crippen LogP contribution in [0.2, 0.25) is 0 Å². The quantitative estimate of drug-likeness (QED) is 0.799. The van der Waals surface area contributed by atoms with Crippen LogP contribution in [0.15, 0.2) is 17.2 Å². The Morgan fingerprint density at radius 3 is 2.67 bits per heavy atom. The topological polar surface area (TPSA) is 54.3 Å². The first-order valence-electron chi connectivity index (χ1n) is 7.73. The van der Waals surface area contributed by atoms with E-state index in [4.69, 9.17) is 0 Å². The molecule has 0 bridgehead atoms. The lowest BCUT2D eigenvalue weighted by molar-refractivity contribution is 0.357. The molecule has 5 nitrogen and oxygen atoms in total. The van der Waals surface area contributed by atoms with Gasteiger partial charge in [0.05, 0.1) is 0 Å². The van der Waals surface area contributed by atoms with Gasteiger partial charge in [-0.25, -0.2) is 8.42 Å². The summed E-state index contributed by atoms with van der Waals surface area (Å²) in [5.41, 5.74) is 1.02. The maximum Gasteiger partial charge on any atom is 0.244 e. The fourth-order valence-corrected chi connectivity index (χ4v) is 4.19. The highest BCUT2D eigenvalue weighted by molar-refractivity contribution is 7.89. The van der Waals surface area contributed by atoms with Gasteiger partial charge in [0.25, 0.3) is 0 Å². The molecule has 21 heavy (non-hydrogen) atoms. The molecule has 1 heterocycles. The molecule has 0 spiro atoms. The number of aryl methyl sites for hydroxylation is 1. The molecular weight excluding hydrogens is 286 g/mol. The number of hydrogen-bond acceptors (Lipinski definition) is 3. The SMILES string of the molecule is CCCn1cc(S(=O)(=O)N(C)C(C)C2CC2)cc1CNC. The van der Waals surface area contributed by atoms with Gasteiger partial charge in [0.1, 0.15) is 4.90 Å². The zero-order chi connectivity index (χ0) is 15.6. The minimum absolute atomic E-state index is 0.0808. The van der Waals surface area contributed by atoms with Crippen molar-refractivity contribution < 1.29 is 8.42 Å². The molecule has 0 amide bonds. The fourth-order valence-electron chi connectivity index (χ4n) is 2.71. The van der Waals surface area contributed by atoms with Crippen LogP contribution in [0, 0.1) is 5.92 Å². The van der Waals surface area contributed by atoms with Crippen molar-refractivity contribution in [1.29, 1.82) is 0 Å². The van der Waals surface area contributed by atoms with Gasteiger partial charge in [0.2, 0.25) is 10.0 Å². The first-order valence-corrected chi connectivity index (χ1v) is 9.17. The van der Waals surface area contributed by atoms with Crippen LogP contribution in [0.25, 0.3) is 0 Å². The van der Waals surface area contributed by atoms with Gasteiger partial charge in [-0.15, -0.1) is 0 Å². The minimum Gasteiger partial charge on any atom is -0.349 e. The van der Waals surface area contributed by atoms with E-state index in [1.165, 1.54) is 0 Å². The average molecular weight is 313 g/mol. The highest BCUT2D eigenvalue weighted by Crippen LogP contribution is 2.36. The van der Waals surface area contributed by atoms with Crippen LogP contribution >= 0.6 is 0 Å². The zero-order valence-corrected chi connectivity index (χ0v) is 14.3. The molecule has 1 unspecified atom stereocenters. The van der Waals surface area contributed by atoms with Gasteiger partial charge in [-0.3, -0.25) is 0 Å².